The molecule has 0 saturated carbocycles. The zero-order valence-electron chi connectivity index (χ0n) is 16.0. The minimum atomic E-state index is 0.719. The predicted octanol–water partition coefficient (Wildman–Crippen LogP) is 5.68. The lowest BCUT2D eigenvalue weighted by Crippen LogP contribution is -1.99. The number of fused-ring (bicyclic) bond motifs is 1. The van der Waals surface area contributed by atoms with Crippen LogP contribution >= 0.6 is 11.3 Å². The lowest BCUT2D eigenvalue weighted by molar-refractivity contribution is 0.405. The summed E-state index contributed by atoms with van der Waals surface area (Å²) in [6.45, 7) is 2.16. The number of ether oxygens (including phenoxy) is 2. The molecule has 0 fully saturated rings. The van der Waals surface area contributed by atoms with Crippen LogP contribution in [0.15, 0.2) is 54.2 Å². The number of nitrogens with zero attached hydrogens (tertiary/aromatic N) is 2. The van der Waals surface area contributed by atoms with Crippen molar-refractivity contribution >= 4 is 33.1 Å². The lowest BCUT2D eigenvalue weighted by atomic mass is 10.0. The van der Waals surface area contributed by atoms with Gasteiger partial charge in [-0.25, -0.2) is 9.97 Å². The Balaban J connectivity index is 1.81. The molecule has 0 radical (unpaired) electrons. The standard InChI is InChI=1S/C22H21N3O2S/c1-4-14-5-7-15(8-6-14)17-12-28-22-20(17)21(23-13-24-22)25-18-11-16(26-2)9-10-19(18)27-3/h5-13H,4H2,1-3H3,(H,23,24,25). The summed E-state index contributed by atoms with van der Waals surface area (Å²) in [7, 11) is 3.29. The first kappa shape index (κ1) is 18.3. The zero-order chi connectivity index (χ0) is 19.5. The highest BCUT2D eigenvalue weighted by Crippen LogP contribution is 2.39. The number of rotatable bonds is 6. The molecule has 0 bridgehead atoms. The third-order valence-electron chi connectivity index (χ3n) is 4.70. The van der Waals surface area contributed by atoms with Gasteiger partial charge in [0.15, 0.2) is 0 Å². The number of hydrogen-bond acceptors (Lipinski definition) is 6. The number of benzene rings is 2. The van der Waals surface area contributed by atoms with E-state index in [1.165, 1.54) is 5.56 Å². The van der Waals surface area contributed by atoms with E-state index < -0.39 is 0 Å². The predicted molar refractivity (Wildman–Crippen MR) is 115 cm³/mol. The minimum absolute atomic E-state index is 0.719. The smallest absolute Gasteiger partial charge is 0.143 e. The van der Waals surface area contributed by atoms with Gasteiger partial charge in [0, 0.05) is 17.0 Å². The van der Waals surface area contributed by atoms with Crippen molar-refractivity contribution in [1.29, 1.82) is 0 Å². The van der Waals surface area contributed by atoms with Gasteiger partial charge in [0.25, 0.3) is 0 Å². The minimum Gasteiger partial charge on any atom is -0.497 e. The molecule has 0 saturated heterocycles. The molecule has 28 heavy (non-hydrogen) atoms. The van der Waals surface area contributed by atoms with E-state index in [1.807, 2.05) is 18.2 Å². The van der Waals surface area contributed by atoms with Gasteiger partial charge >= 0.3 is 0 Å². The summed E-state index contributed by atoms with van der Waals surface area (Å²) in [4.78, 5) is 9.90. The molecule has 4 aromatic rings. The van der Waals surface area contributed by atoms with Gasteiger partial charge in [-0.15, -0.1) is 11.3 Å². The summed E-state index contributed by atoms with van der Waals surface area (Å²) >= 11 is 1.61. The first-order chi connectivity index (χ1) is 13.7. The maximum Gasteiger partial charge on any atom is 0.143 e. The quantitative estimate of drug-likeness (QED) is 0.458. The molecule has 2 aromatic carbocycles. The summed E-state index contributed by atoms with van der Waals surface area (Å²) in [6, 6.07) is 14.3. The zero-order valence-corrected chi connectivity index (χ0v) is 16.8. The van der Waals surface area contributed by atoms with Crippen LogP contribution in [-0.2, 0) is 6.42 Å². The van der Waals surface area contributed by atoms with Crippen molar-refractivity contribution in [2.75, 3.05) is 19.5 Å². The van der Waals surface area contributed by atoms with E-state index in [0.717, 1.165) is 50.8 Å². The molecule has 4 rings (SSSR count). The van der Waals surface area contributed by atoms with Crippen molar-refractivity contribution < 1.29 is 9.47 Å². The fraction of sp³-hybridized carbons (Fsp3) is 0.182. The molecular weight excluding hydrogens is 370 g/mol. The summed E-state index contributed by atoms with van der Waals surface area (Å²) in [5.74, 6) is 2.21. The van der Waals surface area contributed by atoms with E-state index in [9.17, 15) is 0 Å². The highest BCUT2D eigenvalue weighted by molar-refractivity contribution is 7.17. The van der Waals surface area contributed by atoms with Crippen LogP contribution in [0.2, 0.25) is 0 Å². The number of hydrogen-bond donors (Lipinski definition) is 1. The average molecular weight is 391 g/mol. The molecule has 0 atom stereocenters. The molecule has 0 aliphatic heterocycles. The highest BCUT2D eigenvalue weighted by Gasteiger charge is 2.15. The topological polar surface area (TPSA) is 56.3 Å². The van der Waals surface area contributed by atoms with Crippen LogP contribution in [0.5, 0.6) is 11.5 Å². The first-order valence-corrected chi connectivity index (χ1v) is 9.92. The van der Waals surface area contributed by atoms with E-state index >= 15 is 0 Å². The molecule has 0 aliphatic rings. The third kappa shape index (κ3) is 3.39. The highest BCUT2D eigenvalue weighted by atomic mass is 32.1. The Morgan fingerprint density at radius 1 is 1.00 bits per heavy atom. The molecule has 0 amide bonds. The van der Waals surface area contributed by atoms with Gasteiger partial charge < -0.3 is 14.8 Å². The summed E-state index contributed by atoms with van der Waals surface area (Å²) < 4.78 is 10.8. The van der Waals surface area contributed by atoms with Crippen LogP contribution in [-0.4, -0.2) is 24.2 Å². The van der Waals surface area contributed by atoms with Crippen LogP contribution < -0.4 is 14.8 Å². The number of nitrogens with one attached hydrogen (secondary N) is 1. The lowest BCUT2D eigenvalue weighted by Gasteiger charge is -2.13. The van der Waals surface area contributed by atoms with Crippen LogP contribution in [0.1, 0.15) is 12.5 Å². The van der Waals surface area contributed by atoms with E-state index in [1.54, 1.807) is 31.9 Å². The molecule has 0 spiro atoms. The number of methoxy groups -OCH3 is 2. The molecule has 6 heteroatoms. The van der Waals surface area contributed by atoms with E-state index in [2.05, 4.69) is 51.9 Å². The van der Waals surface area contributed by atoms with Crippen LogP contribution in [0.4, 0.5) is 11.5 Å². The number of aromatic nitrogens is 2. The van der Waals surface area contributed by atoms with Crippen LogP contribution in [0.25, 0.3) is 21.3 Å². The second-order valence-corrected chi connectivity index (χ2v) is 7.15. The van der Waals surface area contributed by atoms with Gasteiger partial charge in [0.1, 0.15) is 28.5 Å². The first-order valence-electron chi connectivity index (χ1n) is 9.04. The maximum absolute atomic E-state index is 5.49. The molecular formula is C22H21N3O2S. The second-order valence-electron chi connectivity index (χ2n) is 6.29. The molecule has 2 aromatic heterocycles. The Bertz CT molecular complexity index is 1110. The van der Waals surface area contributed by atoms with Crippen molar-refractivity contribution in [3.63, 3.8) is 0 Å². The average Bonchev–Trinajstić information content (AvgIpc) is 3.19. The van der Waals surface area contributed by atoms with Gasteiger partial charge in [-0.3, -0.25) is 0 Å². The van der Waals surface area contributed by atoms with Crippen molar-refractivity contribution in [1.82, 2.24) is 9.97 Å². The SMILES string of the molecule is CCc1ccc(-c2csc3ncnc(Nc4cc(OC)ccc4OC)c23)cc1. The van der Waals surface area contributed by atoms with Gasteiger partial charge in [0.2, 0.25) is 0 Å². The largest absolute Gasteiger partial charge is 0.497 e. The molecule has 0 aliphatic carbocycles. The fourth-order valence-electron chi connectivity index (χ4n) is 3.14. The summed E-state index contributed by atoms with van der Waals surface area (Å²) in [5.41, 5.74) is 4.38. The molecule has 1 N–H and O–H groups in total. The van der Waals surface area contributed by atoms with Crippen molar-refractivity contribution in [3.8, 4) is 22.6 Å². The molecule has 142 valence electrons. The Morgan fingerprint density at radius 3 is 2.54 bits per heavy atom. The van der Waals surface area contributed by atoms with Gasteiger partial charge in [0.05, 0.1) is 25.3 Å². The van der Waals surface area contributed by atoms with Crippen molar-refractivity contribution in [2.24, 2.45) is 0 Å². The maximum atomic E-state index is 5.49. The Hall–Kier alpha value is -3.12. The number of anilines is 2. The van der Waals surface area contributed by atoms with E-state index in [4.69, 9.17) is 9.47 Å². The van der Waals surface area contributed by atoms with Crippen molar-refractivity contribution in [3.05, 3.63) is 59.7 Å². The Morgan fingerprint density at radius 2 is 1.82 bits per heavy atom. The van der Waals surface area contributed by atoms with Gasteiger partial charge in [-0.2, -0.15) is 0 Å². The number of aryl methyl sites for hydroxylation is 1. The van der Waals surface area contributed by atoms with Crippen LogP contribution in [0, 0.1) is 0 Å². The summed E-state index contributed by atoms with van der Waals surface area (Å²) in [6.07, 6.45) is 2.61. The van der Waals surface area contributed by atoms with Gasteiger partial charge in [-0.1, -0.05) is 31.2 Å². The normalized spacial score (nSPS) is 10.8. The molecule has 5 nitrogen and oxygen atoms in total. The number of thiophene rings is 1. The van der Waals surface area contributed by atoms with Gasteiger partial charge in [-0.05, 0) is 29.7 Å². The second kappa shape index (κ2) is 7.86. The fourth-order valence-corrected chi connectivity index (χ4v) is 4.06. The molecule has 0 unspecified atom stereocenters. The third-order valence-corrected chi connectivity index (χ3v) is 5.59. The molecule has 2 heterocycles. The van der Waals surface area contributed by atoms with Crippen molar-refractivity contribution in [2.45, 2.75) is 13.3 Å². The van der Waals surface area contributed by atoms with E-state index in [-0.39, 0.29) is 0 Å². The Kier molecular flexibility index (Phi) is 5.12. The van der Waals surface area contributed by atoms with Crippen LogP contribution in [0.3, 0.4) is 0 Å². The Labute approximate surface area is 168 Å². The summed E-state index contributed by atoms with van der Waals surface area (Å²) in [5, 5.41) is 6.55. The van der Waals surface area contributed by atoms with E-state index in [0.29, 0.717) is 0 Å². The monoisotopic (exact) mass is 391 g/mol.